The van der Waals surface area contributed by atoms with Gasteiger partial charge in [-0.2, -0.15) is 24.3 Å². The van der Waals surface area contributed by atoms with Crippen LogP contribution in [0.4, 0.5) is 5.69 Å². The van der Waals surface area contributed by atoms with Crippen molar-refractivity contribution < 1.29 is 15.9 Å². The molecule has 0 fully saturated rings. The Morgan fingerprint density at radius 3 is 2.19 bits per heavy atom. The number of benzene rings is 2. The normalized spacial score (nSPS) is 9.38. The van der Waals surface area contributed by atoms with Gasteiger partial charge in [0.1, 0.15) is 0 Å². The van der Waals surface area contributed by atoms with E-state index in [1.54, 1.807) is 0 Å². The molecule has 0 heterocycles. The van der Waals surface area contributed by atoms with Crippen LogP contribution in [0.3, 0.4) is 0 Å². The molecule has 2 rings (SSSR count). The average molecular weight is 346 g/mol. The van der Waals surface area contributed by atoms with Crippen LogP contribution < -0.4 is 5.73 Å². The van der Waals surface area contributed by atoms with Crippen molar-refractivity contribution in [3.8, 4) is 11.1 Å². The Morgan fingerprint density at radius 1 is 1.00 bits per heavy atom. The van der Waals surface area contributed by atoms with E-state index in [0.29, 0.717) is 5.69 Å². The van der Waals surface area contributed by atoms with E-state index in [9.17, 15) is 0 Å². The van der Waals surface area contributed by atoms with Gasteiger partial charge in [0.05, 0.1) is 0 Å². The number of para-hydroxylation sites is 1. The molecule has 0 aromatic heterocycles. The van der Waals surface area contributed by atoms with Gasteiger partial charge in [-0.3, -0.25) is 0 Å². The number of nitrogen functional groups attached to an aromatic ring is 1. The molecule has 1 nitrogen and oxygen atoms in total. The molecule has 0 saturated heterocycles. The molecule has 0 bridgehead atoms. The second-order valence-corrected chi connectivity index (χ2v) is 5.27. The molecule has 0 atom stereocenters. The Balaban J connectivity index is 0.000000386. The summed E-state index contributed by atoms with van der Waals surface area (Å²) < 4.78 is 0. The quantitative estimate of drug-likeness (QED) is 0.470. The van der Waals surface area contributed by atoms with Gasteiger partial charge in [0, 0.05) is 0 Å². The third kappa shape index (κ3) is 4.16. The zero-order valence-corrected chi connectivity index (χ0v) is 11.3. The van der Waals surface area contributed by atoms with Gasteiger partial charge in [0.25, 0.3) is 0 Å². The molecular formula is C12H10Cl2NPd-. The predicted molar refractivity (Wildman–Crippen MR) is 66.8 cm³/mol. The predicted octanol–water partition coefficient (Wildman–Crippen LogP) is 4.11. The molecule has 2 aromatic carbocycles. The van der Waals surface area contributed by atoms with Gasteiger partial charge in [0.2, 0.25) is 0 Å². The number of hydrogen-bond acceptors (Lipinski definition) is 1. The average Bonchev–Trinajstić information content (AvgIpc) is 2.32. The van der Waals surface area contributed by atoms with Crippen molar-refractivity contribution in [2.24, 2.45) is 0 Å². The van der Waals surface area contributed by atoms with Crippen molar-refractivity contribution in [1.82, 2.24) is 0 Å². The molecule has 0 aliphatic rings. The molecule has 0 radical (unpaired) electrons. The van der Waals surface area contributed by atoms with Crippen molar-refractivity contribution in [2.75, 3.05) is 5.73 Å². The number of nitrogens with two attached hydrogens (primary N) is 1. The van der Waals surface area contributed by atoms with Crippen LogP contribution in [0, 0.1) is 6.07 Å². The van der Waals surface area contributed by atoms with Crippen molar-refractivity contribution in [3.63, 3.8) is 0 Å². The third-order valence-corrected chi connectivity index (χ3v) is 1.97. The summed E-state index contributed by atoms with van der Waals surface area (Å²) in [6.07, 6.45) is 0. The molecule has 0 spiro atoms. The molecule has 2 aromatic rings. The molecule has 0 aliphatic heterocycles. The van der Waals surface area contributed by atoms with Crippen LogP contribution in [0.15, 0.2) is 48.5 Å². The zero-order chi connectivity index (χ0) is 11.8. The first kappa shape index (κ1) is 13.5. The first-order valence-corrected chi connectivity index (χ1v) is 8.44. The molecular weight excluding hydrogens is 335 g/mol. The fourth-order valence-corrected chi connectivity index (χ4v) is 1.32. The maximum atomic E-state index is 5.80. The van der Waals surface area contributed by atoms with Crippen LogP contribution in [0.1, 0.15) is 0 Å². The van der Waals surface area contributed by atoms with E-state index in [1.807, 2.05) is 48.5 Å². The van der Waals surface area contributed by atoms with Gasteiger partial charge in [-0.1, -0.05) is 41.6 Å². The van der Waals surface area contributed by atoms with Crippen LogP contribution >= 0.6 is 19.1 Å². The molecule has 16 heavy (non-hydrogen) atoms. The van der Waals surface area contributed by atoms with Crippen LogP contribution in [-0.4, -0.2) is 0 Å². The Kier molecular flexibility index (Phi) is 6.52. The van der Waals surface area contributed by atoms with E-state index in [1.165, 1.54) is 0 Å². The van der Waals surface area contributed by atoms with Gasteiger partial charge in [0.15, 0.2) is 0 Å². The summed E-state index contributed by atoms with van der Waals surface area (Å²) in [6, 6.07) is 18.8. The monoisotopic (exact) mass is 344 g/mol. The van der Waals surface area contributed by atoms with Crippen molar-refractivity contribution in [1.29, 1.82) is 0 Å². The van der Waals surface area contributed by atoms with Crippen LogP contribution in [0.5, 0.6) is 0 Å². The topological polar surface area (TPSA) is 26.0 Å². The Labute approximate surface area is 112 Å². The summed E-state index contributed by atoms with van der Waals surface area (Å²) in [4.78, 5) is 0. The maximum absolute atomic E-state index is 5.80. The van der Waals surface area contributed by atoms with E-state index in [2.05, 4.69) is 6.07 Å². The molecule has 2 N–H and O–H groups in total. The first-order chi connectivity index (χ1) is 7.79. The first-order valence-electron chi connectivity index (χ1n) is 4.43. The van der Waals surface area contributed by atoms with Crippen molar-refractivity contribution >= 4 is 24.7 Å². The van der Waals surface area contributed by atoms with Crippen LogP contribution in [0.2, 0.25) is 0 Å². The van der Waals surface area contributed by atoms with Crippen LogP contribution in [-0.2, 0) is 15.9 Å². The SMILES string of the molecule is Nc1[c-]cccc1-c1ccccc1.[Cl][Pd][Cl]. The number of anilines is 1. The Morgan fingerprint density at radius 2 is 1.62 bits per heavy atom. The second-order valence-electron chi connectivity index (χ2n) is 2.91. The summed E-state index contributed by atoms with van der Waals surface area (Å²) in [5.74, 6) is 0. The number of halogens is 2. The Hall–Kier alpha value is -0.518. The second kappa shape index (κ2) is 7.71. The van der Waals surface area contributed by atoms with Crippen LogP contribution in [0.25, 0.3) is 11.1 Å². The standard InChI is InChI=1S/C12H10N.2ClH.Pd/c13-12-9-5-4-8-11(12)10-6-2-1-3-7-10;;;/h1-8H,13H2;2*1H;/q-1;;;+2/p-2. The van der Waals surface area contributed by atoms with Gasteiger partial charge in [-0.25, -0.2) is 0 Å². The van der Waals surface area contributed by atoms with Crippen molar-refractivity contribution in [2.45, 2.75) is 0 Å². The fourth-order valence-electron chi connectivity index (χ4n) is 1.32. The summed E-state index contributed by atoms with van der Waals surface area (Å²) in [6.45, 7) is 0. The zero-order valence-electron chi connectivity index (χ0n) is 8.27. The summed E-state index contributed by atoms with van der Waals surface area (Å²) >= 11 is -0.106. The molecule has 0 aliphatic carbocycles. The third-order valence-electron chi connectivity index (χ3n) is 1.97. The van der Waals surface area contributed by atoms with Crippen molar-refractivity contribution in [3.05, 3.63) is 54.6 Å². The van der Waals surface area contributed by atoms with E-state index in [4.69, 9.17) is 24.8 Å². The molecule has 0 saturated carbocycles. The summed E-state index contributed by atoms with van der Waals surface area (Å²) in [7, 11) is 9.63. The Bertz CT molecular complexity index is 420. The van der Waals surface area contributed by atoms with Gasteiger partial charge < -0.3 is 5.73 Å². The fraction of sp³-hybridized carbons (Fsp3) is 0. The minimum absolute atomic E-state index is 0.106. The number of hydrogen-bond donors (Lipinski definition) is 1. The number of rotatable bonds is 1. The van der Waals surface area contributed by atoms with E-state index < -0.39 is 0 Å². The van der Waals surface area contributed by atoms with Gasteiger partial charge >= 0.3 is 35.0 Å². The van der Waals surface area contributed by atoms with Gasteiger partial charge in [-0.15, -0.1) is 5.56 Å². The molecule has 0 amide bonds. The van der Waals surface area contributed by atoms with E-state index in [-0.39, 0.29) is 15.9 Å². The molecule has 4 heteroatoms. The summed E-state index contributed by atoms with van der Waals surface area (Å²) in [5.41, 5.74) is 8.68. The summed E-state index contributed by atoms with van der Waals surface area (Å²) in [5, 5.41) is 0. The van der Waals surface area contributed by atoms with E-state index in [0.717, 1.165) is 11.1 Å². The van der Waals surface area contributed by atoms with E-state index >= 15 is 0 Å². The molecule has 88 valence electrons. The minimum atomic E-state index is -0.106. The molecule has 0 unspecified atom stereocenters. The van der Waals surface area contributed by atoms with Gasteiger partial charge in [-0.05, 0) is 0 Å².